The van der Waals surface area contributed by atoms with E-state index in [-0.39, 0.29) is 23.3 Å². The van der Waals surface area contributed by atoms with Gasteiger partial charge in [-0.2, -0.15) is 0 Å². The first-order chi connectivity index (χ1) is 20.7. The number of halogens is 4. The molecule has 0 atom stereocenters. The second-order valence-electron chi connectivity index (χ2n) is 10.7. The standard InChI is InChI=1S/C8H8F2.2C8H9F.C8H10.C7H9N/c1-5-6(2)8(10)4-3-7(5)9;2*1-6-4-3-5-8(9)7(6)2;1-7-5-3-4-6-8(7)2;1-6-3-4-8-5-7(6)2/h3-4H,1-2H3;2*3-5H,1-2H3;3-6H,1-2H3;3-5H,1-2H3. The molecule has 0 amide bonds. The average Bonchev–Trinajstić information content (AvgIpc) is 3.00. The van der Waals surface area contributed by atoms with Gasteiger partial charge in [-0.25, -0.2) is 17.6 Å². The Bertz CT molecular complexity index is 1410. The summed E-state index contributed by atoms with van der Waals surface area (Å²) in [6.07, 6.45) is 3.68. The summed E-state index contributed by atoms with van der Waals surface area (Å²) >= 11 is 0. The van der Waals surface area contributed by atoms with Crippen LogP contribution in [0.25, 0.3) is 0 Å². The zero-order valence-corrected chi connectivity index (χ0v) is 27.6. The van der Waals surface area contributed by atoms with Crippen LogP contribution in [0.5, 0.6) is 0 Å². The number of aryl methyl sites for hydroxylation is 6. The smallest absolute Gasteiger partial charge is 0.126 e. The summed E-state index contributed by atoms with van der Waals surface area (Å²) in [5.74, 6) is -0.928. The van der Waals surface area contributed by atoms with Gasteiger partial charge in [-0.1, -0.05) is 48.5 Å². The molecular weight excluding hydrogens is 558 g/mol. The third-order valence-electron chi connectivity index (χ3n) is 7.46. The lowest BCUT2D eigenvalue weighted by atomic mass is 10.1. The molecule has 5 rings (SSSR count). The SMILES string of the molecule is Cc1c(F)ccc(F)c1C.Cc1cccc(F)c1C.Cc1cccc(F)c1C.Cc1ccccc1C.Cc1ccncc1C. The Morgan fingerprint density at radius 1 is 0.341 bits per heavy atom. The maximum absolute atomic E-state index is 12.6. The van der Waals surface area contributed by atoms with Crippen molar-refractivity contribution in [3.8, 4) is 0 Å². The highest BCUT2D eigenvalue weighted by Crippen LogP contribution is 2.14. The lowest BCUT2D eigenvalue weighted by Crippen LogP contribution is -1.90. The highest BCUT2D eigenvalue weighted by atomic mass is 19.1. The summed E-state index contributed by atoms with van der Waals surface area (Å²) in [4.78, 5) is 3.95. The van der Waals surface area contributed by atoms with Crippen molar-refractivity contribution in [2.24, 2.45) is 0 Å². The van der Waals surface area contributed by atoms with Crippen molar-refractivity contribution in [3.05, 3.63) is 170 Å². The Morgan fingerprint density at radius 2 is 0.682 bits per heavy atom. The Morgan fingerprint density at radius 3 is 0.955 bits per heavy atom. The van der Waals surface area contributed by atoms with Gasteiger partial charge in [-0.05, 0) is 155 Å². The Hall–Kier alpha value is -4.25. The van der Waals surface area contributed by atoms with E-state index in [1.165, 1.54) is 34.4 Å². The van der Waals surface area contributed by atoms with Crippen LogP contribution in [-0.4, -0.2) is 4.98 Å². The number of hydrogen-bond donors (Lipinski definition) is 0. The molecule has 234 valence electrons. The maximum atomic E-state index is 12.6. The van der Waals surface area contributed by atoms with E-state index in [0.717, 1.165) is 34.4 Å². The van der Waals surface area contributed by atoms with Gasteiger partial charge >= 0.3 is 0 Å². The molecule has 0 fully saturated rings. The normalized spacial score (nSPS) is 9.59. The van der Waals surface area contributed by atoms with Crippen LogP contribution < -0.4 is 0 Å². The number of nitrogens with zero attached hydrogens (tertiary/aromatic N) is 1. The number of aromatic nitrogens is 1. The van der Waals surface area contributed by atoms with E-state index in [1.807, 2.05) is 44.4 Å². The van der Waals surface area contributed by atoms with Crippen molar-refractivity contribution in [1.82, 2.24) is 4.98 Å². The van der Waals surface area contributed by atoms with Gasteiger partial charge in [0.05, 0.1) is 0 Å². The summed E-state index contributed by atoms with van der Waals surface area (Å²) in [6, 6.07) is 22.8. The minimum atomic E-state index is -0.348. The summed E-state index contributed by atoms with van der Waals surface area (Å²) in [5, 5.41) is 0. The molecule has 1 heterocycles. The molecule has 0 saturated heterocycles. The molecule has 1 nitrogen and oxygen atoms in total. The molecular formula is C39H45F4N. The second-order valence-corrected chi connectivity index (χ2v) is 10.7. The quantitative estimate of drug-likeness (QED) is 0.160. The monoisotopic (exact) mass is 603 g/mol. The Balaban J connectivity index is 0.000000276. The van der Waals surface area contributed by atoms with Gasteiger partial charge in [0.1, 0.15) is 23.3 Å². The van der Waals surface area contributed by atoms with Crippen LogP contribution in [0.3, 0.4) is 0 Å². The van der Waals surface area contributed by atoms with Crippen LogP contribution in [0.2, 0.25) is 0 Å². The fourth-order valence-electron chi connectivity index (χ4n) is 3.39. The van der Waals surface area contributed by atoms with Gasteiger partial charge < -0.3 is 0 Å². The highest BCUT2D eigenvalue weighted by Gasteiger charge is 2.03. The molecule has 0 radical (unpaired) electrons. The molecule has 0 aliphatic carbocycles. The third-order valence-corrected chi connectivity index (χ3v) is 7.46. The second kappa shape index (κ2) is 19.1. The Kier molecular flexibility index (Phi) is 16.4. The number of pyridine rings is 1. The van der Waals surface area contributed by atoms with Gasteiger partial charge in [0, 0.05) is 12.4 Å². The van der Waals surface area contributed by atoms with E-state index in [1.54, 1.807) is 39.8 Å². The van der Waals surface area contributed by atoms with Gasteiger partial charge in [-0.3, -0.25) is 4.98 Å². The average molecular weight is 604 g/mol. The molecule has 0 spiro atoms. The maximum Gasteiger partial charge on any atom is 0.126 e. The van der Waals surface area contributed by atoms with E-state index in [2.05, 4.69) is 56.9 Å². The van der Waals surface area contributed by atoms with Crippen LogP contribution in [0.1, 0.15) is 55.6 Å². The zero-order valence-electron chi connectivity index (χ0n) is 27.6. The first kappa shape index (κ1) is 37.8. The zero-order chi connectivity index (χ0) is 33.4. The largest absolute Gasteiger partial charge is 0.264 e. The lowest BCUT2D eigenvalue weighted by molar-refractivity contribution is 0.584. The molecule has 5 aromatic rings. The molecule has 44 heavy (non-hydrogen) atoms. The van der Waals surface area contributed by atoms with Crippen LogP contribution in [0.15, 0.2) is 91.3 Å². The fourth-order valence-corrected chi connectivity index (χ4v) is 3.39. The van der Waals surface area contributed by atoms with Gasteiger partial charge in [0.2, 0.25) is 0 Å². The predicted molar refractivity (Wildman–Crippen MR) is 177 cm³/mol. The van der Waals surface area contributed by atoms with Crippen molar-refractivity contribution in [2.45, 2.75) is 69.2 Å². The van der Waals surface area contributed by atoms with Crippen molar-refractivity contribution in [1.29, 1.82) is 0 Å². The molecule has 0 N–H and O–H groups in total. The molecule has 0 unspecified atom stereocenters. The summed E-state index contributed by atoms with van der Waals surface area (Å²) in [7, 11) is 0. The topological polar surface area (TPSA) is 12.9 Å². The van der Waals surface area contributed by atoms with Crippen LogP contribution in [0.4, 0.5) is 17.6 Å². The van der Waals surface area contributed by atoms with E-state index in [9.17, 15) is 17.6 Å². The van der Waals surface area contributed by atoms with E-state index < -0.39 is 0 Å². The number of rotatable bonds is 0. The minimum absolute atomic E-state index is 0.116. The molecule has 0 bridgehead atoms. The predicted octanol–water partition coefficient (Wildman–Crippen LogP) is 11.5. The molecule has 0 aliphatic heterocycles. The van der Waals surface area contributed by atoms with Crippen molar-refractivity contribution >= 4 is 0 Å². The molecule has 0 aliphatic rings. The number of benzene rings is 4. The fraction of sp³-hybridized carbons (Fsp3) is 0.256. The van der Waals surface area contributed by atoms with Crippen molar-refractivity contribution < 1.29 is 17.6 Å². The van der Waals surface area contributed by atoms with Crippen LogP contribution in [0, 0.1) is 92.5 Å². The van der Waals surface area contributed by atoms with E-state index >= 15 is 0 Å². The number of hydrogen-bond acceptors (Lipinski definition) is 1. The van der Waals surface area contributed by atoms with Crippen molar-refractivity contribution in [2.75, 3.05) is 0 Å². The minimum Gasteiger partial charge on any atom is -0.264 e. The van der Waals surface area contributed by atoms with Gasteiger partial charge in [0.25, 0.3) is 0 Å². The van der Waals surface area contributed by atoms with E-state index in [0.29, 0.717) is 11.1 Å². The van der Waals surface area contributed by atoms with E-state index in [4.69, 9.17) is 0 Å². The molecule has 1 aromatic heterocycles. The summed E-state index contributed by atoms with van der Waals surface area (Å²) in [6.45, 7) is 18.9. The van der Waals surface area contributed by atoms with Gasteiger partial charge in [0.15, 0.2) is 0 Å². The summed E-state index contributed by atoms with van der Waals surface area (Å²) < 4.78 is 50.3. The van der Waals surface area contributed by atoms with Crippen LogP contribution in [-0.2, 0) is 0 Å². The lowest BCUT2D eigenvalue weighted by Gasteiger charge is -2.00. The summed E-state index contributed by atoms with van der Waals surface area (Å²) in [5.41, 5.74) is 9.59. The van der Waals surface area contributed by atoms with Crippen LogP contribution >= 0.6 is 0 Å². The molecule has 4 aromatic carbocycles. The van der Waals surface area contributed by atoms with Crippen molar-refractivity contribution in [3.63, 3.8) is 0 Å². The third kappa shape index (κ3) is 12.9. The first-order valence-electron chi connectivity index (χ1n) is 14.4. The Labute approximate surface area is 261 Å². The van der Waals surface area contributed by atoms with Gasteiger partial charge in [-0.15, -0.1) is 0 Å². The first-order valence-corrected chi connectivity index (χ1v) is 14.4. The highest BCUT2D eigenvalue weighted by molar-refractivity contribution is 5.28. The molecule has 0 saturated carbocycles. The molecule has 5 heteroatoms.